The molecule has 3 amide bonds. The molecule has 3 aromatic rings. The van der Waals surface area contributed by atoms with E-state index in [4.69, 9.17) is 4.74 Å². The number of carbonyl (C=O) groups excluding carboxylic acids is 2. The molecule has 0 saturated heterocycles. The van der Waals surface area contributed by atoms with Crippen LogP contribution in [0.3, 0.4) is 0 Å². The Kier molecular flexibility index (Phi) is 6.73. The first-order valence-electron chi connectivity index (χ1n) is 11.3. The van der Waals surface area contributed by atoms with Gasteiger partial charge in [-0.1, -0.05) is 38.1 Å². The lowest BCUT2D eigenvalue weighted by molar-refractivity contribution is -0.144. The monoisotopic (exact) mass is 473 g/mol. The third-order valence-electron chi connectivity index (χ3n) is 5.99. The van der Waals surface area contributed by atoms with E-state index in [1.807, 2.05) is 24.3 Å². The van der Waals surface area contributed by atoms with Crippen molar-refractivity contribution >= 4 is 29.3 Å². The minimum atomic E-state index is -1.000. The zero-order valence-electron chi connectivity index (χ0n) is 19.7. The van der Waals surface area contributed by atoms with E-state index in [9.17, 15) is 19.5 Å². The number of anilines is 2. The minimum absolute atomic E-state index is 0.202. The van der Waals surface area contributed by atoms with E-state index >= 15 is 0 Å². The average molecular weight is 474 g/mol. The van der Waals surface area contributed by atoms with E-state index in [0.29, 0.717) is 22.7 Å². The van der Waals surface area contributed by atoms with Gasteiger partial charge in [-0.2, -0.15) is 0 Å². The molecule has 35 heavy (non-hydrogen) atoms. The molecule has 0 saturated carbocycles. The second-order valence-electron chi connectivity index (χ2n) is 8.72. The van der Waals surface area contributed by atoms with Gasteiger partial charge in [0.25, 0.3) is 5.91 Å². The Bertz CT molecular complexity index is 1250. The van der Waals surface area contributed by atoms with Gasteiger partial charge in [0.2, 0.25) is 0 Å². The maximum Gasteiger partial charge on any atom is 0.326 e. The molecular formula is C27H27N3O5. The predicted octanol–water partition coefficient (Wildman–Crippen LogP) is 5.07. The molecule has 0 fully saturated rings. The first-order chi connectivity index (χ1) is 16.8. The van der Waals surface area contributed by atoms with Gasteiger partial charge in [0.1, 0.15) is 11.8 Å². The van der Waals surface area contributed by atoms with Crippen LogP contribution in [0.25, 0.3) is 11.1 Å². The van der Waals surface area contributed by atoms with Crippen LogP contribution in [0, 0.1) is 5.92 Å². The molecule has 1 atom stereocenters. The van der Waals surface area contributed by atoms with Gasteiger partial charge >= 0.3 is 12.0 Å². The molecule has 1 aliphatic heterocycles. The summed E-state index contributed by atoms with van der Waals surface area (Å²) in [6, 6.07) is 18.6. The normalized spacial score (nSPS) is 13.4. The smallest absolute Gasteiger partial charge is 0.326 e. The highest BCUT2D eigenvalue weighted by molar-refractivity contribution is 6.02. The SMILES string of the molecule is COc1ccc(NC(=O)Nc2ccc(-c3ccc4c(c3)C(=O)N([C@H](C(=O)O)C(C)C)C4)cc2)cc1. The summed E-state index contributed by atoms with van der Waals surface area (Å²) in [7, 11) is 1.58. The Hall–Kier alpha value is -4.33. The van der Waals surface area contributed by atoms with Gasteiger partial charge in [-0.15, -0.1) is 0 Å². The van der Waals surface area contributed by atoms with Gasteiger partial charge in [-0.3, -0.25) is 4.79 Å². The van der Waals surface area contributed by atoms with Crippen molar-refractivity contribution in [2.75, 3.05) is 17.7 Å². The molecule has 4 rings (SSSR count). The van der Waals surface area contributed by atoms with E-state index < -0.39 is 12.0 Å². The maximum absolute atomic E-state index is 13.0. The highest BCUT2D eigenvalue weighted by atomic mass is 16.5. The van der Waals surface area contributed by atoms with Gasteiger partial charge in [0, 0.05) is 23.5 Å². The topological polar surface area (TPSA) is 108 Å². The first-order valence-corrected chi connectivity index (χ1v) is 11.3. The molecular weight excluding hydrogens is 446 g/mol. The lowest BCUT2D eigenvalue weighted by atomic mass is 10.00. The summed E-state index contributed by atoms with van der Waals surface area (Å²) in [6.45, 7) is 3.89. The Labute approximate surface area is 203 Å². The zero-order valence-corrected chi connectivity index (χ0v) is 19.7. The van der Waals surface area contributed by atoms with Crippen LogP contribution in [0.4, 0.5) is 16.2 Å². The summed E-state index contributed by atoms with van der Waals surface area (Å²) in [5.41, 5.74) is 4.31. The van der Waals surface area contributed by atoms with Crippen molar-refractivity contribution in [3.05, 3.63) is 77.9 Å². The van der Waals surface area contributed by atoms with E-state index in [1.165, 1.54) is 4.90 Å². The van der Waals surface area contributed by atoms with Crippen LogP contribution in [0.1, 0.15) is 29.8 Å². The molecule has 0 spiro atoms. The Morgan fingerprint density at radius 3 is 2.03 bits per heavy atom. The van der Waals surface area contributed by atoms with Crippen molar-refractivity contribution in [3.63, 3.8) is 0 Å². The van der Waals surface area contributed by atoms with Crippen LogP contribution in [0.15, 0.2) is 66.7 Å². The van der Waals surface area contributed by atoms with Crippen LogP contribution in [0.5, 0.6) is 5.75 Å². The summed E-state index contributed by atoms with van der Waals surface area (Å²) in [4.78, 5) is 38.4. The number of carboxylic acids is 1. The summed E-state index contributed by atoms with van der Waals surface area (Å²) in [5.74, 6) is -0.765. The molecule has 1 aliphatic rings. The predicted molar refractivity (Wildman–Crippen MR) is 134 cm³/mol. The fourth-order valence-electron chi connectivity index (χ4n) is 4.22. The number of nitrogens with zero attached hydrogens (tertiary/aromatic N) is 1. The van der Waals surface area contributed by atoms with E-state index in [0.717, 1.165) is 16.7 Å². The van der Waals surface area contributed by atoms with Crippen LogP contribution in [0.2, 0.25) is 0 Å². The van der Waals surface area contributed by atoms with Crippen molar-refractivity contribution < 1.29 is 24.2 Å². The number of nitrogens with one attached hydrogen (secondary N) is 2. The molecule has 3 aromatic carbocycles. The summed E-state index contributed by atoms with van der Waals surface area (Å²) >= 11 is 0. The highest BCUT2D eigenvalue weighted by Crippen LogP contribution is 2.31. The molecule has 0 aromatic heterocycles. The second kappa shape index (κ2) is 9.89. The summed E-state index contributed by atoms with van der Waals surface area (Å²) in [5, 5.41) is 15.1. The third-order valence-corrected chi connectivity index (χ3v) is 5.99. The van der Waals surface area contributed by atoms with E-state index in [-0.39, 0.29) is 24.4 Å². The molecule has 0 aliphatic carbocycles. The summed E-state index contributed by atoms with van der Waals surface area (Å²) < 4.78 is 5.11. The fraction of sp³-hybridized carbons (Fsp3) is 0.222. The van der Waals surface area contributed by atoms with Crippen molar-refractivity contribution in [3.8, 4) is 16.9 Å². The van der Waals surface area contributed by atoms with Crippen molar-refractivity contribution in [1.82, 2.24) is 4.90 Å². The van der Waals surface area contributed by atoms with E-state index in [1.54, 1.807) is 63.4 Å². The first kappa shape index (κ1) is 23.8. The maximum atomic E-state index is 13.0. The highest BCUT2D eigenvalue weighted by Gasteiger charge is 2.38. The molecule has 8 nitrogen and oxygen atoms in total. The van der Waals surface area contributed by atoms with E-state index in [2.05, 4.69) is 10.6 Å². The molecule has 3 N–H and O–H groups in total. The Morgan fingerprint density at radius 2 is 1.49 bits per heavy atom. The number of benzene rings is 3. The largest absolute Gasteiger partial charge is 0.497 e. The Balaban J connectivity index is 1.44. The van der Waals surface area contributed by atoms with Crippen molar-refractivity contribution in [1.29, 1.82) is 0 Å². The second-order valence-corrected chi connectivity index (χ2v) is 8.72. The number of hydrogen-bond acceptors (Lipinski definition) is 4. The van der Waals surface area contributed by atoms with Crippen LogP contribution in [-0.2, 0) is 11.3 Å². The zero-order chi connectivity index (χ0) is 25.1. The number of rotatable bonds is 7. The van der Waals surface area contributed by atoms with Gasteiger partial charge in [0.15, 0.2) is 0 Å². The van der Waals surface area contributed by atoms with Crippen molar-refractivity contribution in [2.24, 2.45) is 5.92 Å². The van der Waals surface area contributed by atoms with Crippen LogP contribution < -0.4 is 15.4 Å². The number of hydrogen-bond donors (Lipinski definition) is 3. The lowest BCUT2D eigenvalue weighted by Gasteiger charge is -2.27. The number of urea groups is 1. The number of fused-ring (bicyclic) bond motifs is 1. The van der Waals surface area contributed by atoms with Gasteiger partial charge in [0.05, 0.1) is 7.11 Å². The summed E-state index contributed by atoms with van der Waals surface area (Å²) in [6.07, 6.45) is 0. The minimum Gasteiger partial charge on any atom is -0.497 e. The quantitative estimate of drug-likeness (QED) is 0.444. The Morgan fingerprint density at radius 1 is 0.914 bits per heavy atom. The molecule has 0 radical (unpaired) electrons. The standard InChI is InChI=1S/C27H27N3O5/c1-16(2)24(26(32)33)30-15-19-5-4-18(14-23(19)25(30)31)17-6-8-20(9-7-17)28-27(34)29-21-10-12-22(35-3)13-11-21/h4-14,16,24H,15H2,1-3H3,(H,32,33)(H2,28,29,34)/t24-/m0/s1. The lowest BCUT2D eigenvalue weighted by Crippen LogP contribution is -2.44. The molecule has 0 unspecified atom stereocenters. The fourth-order valence-corrected chi connectivity index (χ4v) is 4.22. The van der Waals surface area contributed by atoms with Gasteiger partial charge in [-0.05, 0) is 65.1 Å². The molecule has 1 heterocycles. The average Bonchev–Trinajstić information content (AvgIpc) is 3.15. The van der Waals surface area contributed by atoms with Crippen LogP contribution >= 0.6 is 0 Å². The molecule has 0 bridgehead atoms. The van der Waals surface area contributed by atoms with Crippen LogP contribution in [-0.4, -0.2) is 41.1 Å². The number of carboxylic acid groups (broad SMARTS) is 1. The molecule has 8 heteroatoms. The van der Waals surface area contributed by atoms with Crippen molar-refractivity contribution in [2.45, 2.75) is 26.4 Å². The number of aliphatic carboxylic acids is 1. The number of methoxy groups -OCH3 is 1. The third kappa shape index (κ3) is 5.11. The number of ether oxygens (including phenoxy) is 1. The number of amides is 3. The van der Waals surface area contributed by atoms with Gasteiger partial charge < -0.3 is 25.4 Å². The van der Waals surface area contributed by atoms with Gasteiger partial charge in [-0.25, -0.2) is 9.59 Å². The number of carbonyl (C=O) groups is 3. The molecule has 180 valence electrons.